The second kappa shape index (κ2) is 8.52. The van der Waals surface area contributed by atoms with Crippen LogP contribution in [0.4, 0.5) is 0 Å². The van der Waals surface area contributed by atoms with Crippen molar-refractivity contribution in [2.24, 2.45) is 5.92 Å². The van der Waals surface area contributed by atoms with E-state index in [1.807, 2.05) is 0 Å². The summed E-state index contributed by atoms with van der Waals surface area (Å²) >= 11 is 5.98. The van der Waals surface area contributed by atoms with Gasteiger partial charge in [0.1, 0.15) is 5.75 Å². The summed E-state index contributed by atoms with van der Waals surface area (Å²) in [5.74, 6) is 0.646. The zero-order valence-corrected chi connectivity index (χ0v) is 14.2. The number of aliphatic hydroxyl groups excluding tert-OH is 1. The van der Waals surface area contributed by atoms with Gasteiger partial charge in [-0.25, -0.2) is 0 Å². The summed E-state index contributed by atoms with van der Waals surface area (Å²) in [4.78, 5) is 14.2. The van der Waals surface area contributed by atoms with E-state index >= 15 is 0 Å². The minimum absolute atomic E-state index is 0.0745. The van der Waals surface area contributed by atoms with Gasteiger partial charge in [-0.3, -0.25) is 4.79 Å². The lowest BCUT2D eigenvalue weighted by molar-refractivity contribution is -0.121. The Balaban J connectivity index is 1.71. The van der Waals surface area contributed by atoms with Gasteiger partial charge in [-0.15, -0.1) is 0 Å². The van der Waals surface area contributed by atoms with Crippen molar-refractivity contribution in [3.8, 4) is 5.75 Å². The minimum atomic E-state index is -0.567. The fourth-order valence-electron chi connectivity index (χ4n) is 2.75. The molecule has 0 aromatic heterocycles. The fourth-order valence-corrected chi connectivity index (χ4v) is 3.00. The number of likely N-dealkylation sites (tertiary alicyclic amines) is 1. The van der Waals surface area contributed by atoms with Crippen LogP contribution in [0.2, 0.25) is 5.02 Å². The fraction of sp³-hybridized carbons (Fsp3) is 0.588. The van der Waals surface area contributed by atoms with E-state index in [4.69, 9.17) is 11.6 Å². The molecule has 0 spiro atoms. The third-order valence-electron chi connectivity index (χ3n) is 4.27. The summed E-state index contributed by atoms with van der Waals surface area (Å²) < 4.78 is 0. The first-order valence-electron chi connectivity index (χ1n) is 8.08. The number of hydrogen-bond acceptors (Lipinski definition) is 4. The molecule has 23 heavy (non-hydrogen) atoms. The molecule has 1 heterocycles. The number of benzene rings is 1. The minimum Gasteiger partial charge on any atom is -0.508 e. The highest BCUT2D eigenvalue weighted by Crippen LogP contribution is 2.21. The highest BCUT2D eigenvalue weighted by molar-refractivity contribution is 6.31. The molecule has 1 aromatic rings. The van der Waals surface area contributed by atoms with Crippen LogP contribution in [-0.4, -0.2) is 53.3 Å². The molecule has 1 amide bonds. The molecule has 5 nitrogen and oxygen atoms in total. The van der Waals surface area contributed by atoms with Gasteiger partial charge in [0.25, 0.3) is 0 Å². The topological polar surface area (TPSA) is 72.8 Å². The quantitative estimate of drug-likeness (QED) is 0.738. The maximum atomic E-state index is 11.9. The number of hydrogen-bond donors (Lipinski definition) is 3. The first kappa shape index (κ1) is 18.0. The Kier molecular flexibility index (Phi) is 6.69. The second-order valence-corrected chi connectivity index (χ2v) is 6.80. The number of rotatable bonds is 6. The van der Waals surface area contributed by atoms with Gasteiger partial charge in [-0.05, 0) is 49.5 Å². The lowest BCUT2D eigenvalue weighted by Gasteiger charge is -2.31. The summed E-state index contributed by atoms with van der Waals surface area (Å²) in [5.41, 5.74) is 0.654. The van der Waals surface area contributed by atoms with E-state index in [0.717, 1.165) is 19.0 Å². The normalized spacial score (nSPS) is 17.9. The van der Waals surface area contributed by atoms with Crippen LogP contribution in [0.15, 0.2) is 18.2 Å². The largest absolute Gasteiger partial charge is 0.508 e. The molecule has 3 N–H and O–H groups in total. The standard InChI is InChI=1S/C17H25ClN2O3/c1-12-4-6-20(7-5-12)11-15(22)10-19-17(23)8-13-2-3-14(21)9-16(13)18/h2-3,9,12,15,21-22H,4-8,10-11H2,1H3,(H,19,23). The number of nitrogens with one attached hydrogen (secondary N) is 1. The summed E-state index contributed by atoms with van der Waals surface area (Å²) in [6.45, 7) is 5.10. The van der Waals surface area contributed by atoms with Crippen LogP contribution in [0.5, 0.6) is 5.75 Å². The van der Waals surface area contributed by atoms with Crippen LogP contribution in [0, 0.1) is 5.92 Å². The molecule has 1 saturated heterocycles. The Morgan fingerprint density at radius 2 is 2.13 bits per heavy atom. The molecular formula is C17H25ClN2O3. The molecule has 0 bridgehead atoms. The highest BCUT2D eigenvalue weighted by Gasteiger charge is 2.18. The molecule has 1 aliphatic heterocycles. The summed E-state index contributed by atoms with van der Waals surface area (Å²) in [7, 11) is 0. The van der Waals surface area contributed by atoms with E-state index in [9.17, 15) is 15.0 Å². The maximum absolute atomic E-state index is 11.9. The maximum Gasteiger partial charge on any atom is 0.224 e. The van der Waals surface area contributed by atoms with Gasteiger partial charge in [-0.2, -0.15) is 0 Å². The number of piperidine rings is 1. The number of aromatic hydroxyl groups is 1. The van der Waals surface area contributed by atoms with E-state index in [2.05, 4.69) is 17.1 Å². The molecular weight excluding hydrogens is 316 g/mol. The SMILES string of the molecule is CC1CCN(CC(O)CNC(=O)Cc2ccc(O)cc2Cl)CC1. The number of aliphatic hydroxyl groups is 1. The monoisotopic (exact) mass is 340 g/mol. The van der Waals surface area contributed by atoms with Crippen LogP contribution >= 0.6 is 11.6 Å². The molecule has 0 radical (unpaired) electrons. The molecule has 0 saturated carbocycles. The summed E-state index contributed by atoms with van der Waals surface area (Å²) in [5, 5.41) is 22.5. The van der Waals surface area contributed by atoms with E-state index in [-0.39, 0.29) is 24.6 Å². The van der Waals surface area contributed by atoms with E-state index in [1.165, 1.54) is 25.0 Å². The lowest BCUT2D eigenvalue weighted by atomic mass is 9.99. The van der Waals surface area contributed by atoms with Gasteiger partial charge in [0, 0.05) is 18.1 Å². The Labute approximate surface area is 142 Å². The molecule has 1 atom stereocenters. The van der Waals surface area contributed by atoms with Crippen molar-refractivity contribution < 1.29 is 15.0 Å². The Bertz CT molecular complexity index is 531. The molecule has 1 aromatic carbocycles. The lowest BCUT2D eigenvalue weighted by Crippen LogP contribution is -2.43. The van der Waals surface area contributed by atoms with Gasteiger partial charge in [0.15, 0.2) is 0 Å². The smallest absolute Gasteiger partial charge is 0.224 e. The number of carbonyl (C=O) groups excluding carboxylic acids is 1. The van der Waals surface area contributed by atoms with Crippen molar-refractivity contribution in [2.75, 3.05) is 26.2 Å². The number of phenols is 1. The number of nitrogens with zero attached hydrogens (tertiary/aromatic N) is 1. The van der Waals surface area contributed by atoms with Crippen molar-refractivity contribution in [2.45, 2.75) is 32.3 Å². The molecule has 1 fully saturated rings. The van der Waals surface area contributed by atoms with Crippen molar-refractivity contribution in [1.29, 1.82) is 0 Å². The molecule has 1 aliphatic rings. The first-order valence-corrected chi connectivity index (χ1v) is 8.46. The van der Waals surface area contributed by atoms with Crippen LogP contribution in [0.3, 0.4) is 0 Å². The summed E-state index contributed by atoms with van der Waals surface area (Å²) in [6.07, 6.45) is 1.90. The molecule has 128 valence electrons. The Morgan fingerprint density at radius 1 is 1.43 bits per heavy atom. The average Bonchev–Trinajstić information content (AvgIpc) is 2.50. The van der Waals surface area contributed by atoms with Crippen molar-refractivity contribution in [3.63, 3.8) is 0 Å². The number of carbonyl (C=O) groups is 1. The molecule has 2 rings (SSSR count). The zero-order chi connectivity index (χ0) is 16.8. The van der Waals surface area contributed by atoms with Crippen LogP contribution in [0.25, 0.3) is 0 Å². The van der Waals surface area contributed by atoms with E-state index < -0.39 is 6.10 Å². The van der Waals surface area contributed by atoms with Gasteiger partial charge in [-0.1, -0.05) is 24.6 Å². The van der Waals surface area contributed by atoms with Crippen molar-refractivity contribution in [3.05, 3.63) is 28.8 Å². The van der Waals surface area contributed by atoms with Gasteiger partial charge in [0.2, 0.25) is 5.91 Å². The Hall–Kier alpha value is -1.30. The second-order valence-electron chi connectivity index (χ2n) is 6.39. The third kappa shape index (κ3) is 6.01. The number of phenolic OH excluding ortho intramolecular Hbond substituents is 1. The van der Waals surface area contributed by atoms with Gasteiger partial charge < -0.3 is 20.4 Å². The van der Waals surface area contributed by atoms with E-state index in [0.29, 0.717) is 17.1 Å². The predicted molar refractivity (Wildman–Crippen MR) is 90.7 cm³/mol. The first-order chi connectivity index (χ1) is 10.9. The highest BCUT2D eigenvalue weighted by atomic mass is 35.5. The molecule has 1 unspecified atom stereocenters. The molecule has 0 aliphatic carbocycles. The van der Waals surface area contributed by atoms with Gasteiger partial charge in [0.05, 0.1) is 12.5 Å². The average molecular weight is 341 g/mol. The third-order valence-corrected chi connectivity index (χ3v) is 4.62. The van der Waals surface area contributed by atoms with Crippen LogP contribution in [0.1, 0.15) is 25.3 Å². The van der Waals surface area contributed by atoms with Gasteiger partial charge >= 0.3 is 0 Å². The molecule has 6 heteroatoms. The number of halogens is 1. The predicted octanol–water partition coefficient (Wildman–Crippen LogP) is 1.80. The zero-order valence-electron chi connectivity index (χ0n) is 13.5. The van der Waals surface area contributed by atoms with E-state index in [1.54, 1.807) is 6.07 Å². The van der Waals surface area contributed by atoms with Crippen molar-refractivity contribution >= 4 is 17.5 Å². The Morgan fingerprint density at radius 3 is 2.78 bits per heavy atom. The van der Waals surface area contributed by atoms with Crippen LogP contribution in [-0.2, 0) is 11.2 Å². The number of amides is 1. The summed E-state index contributed by atoms with van der Waals surface area (Å²) in [6, 6.07) is 4.54. The number of β-amino-alcohol motifs (C(OH)–C–C–N with tert-alkyl or cyclic N) is 1. The van der Waals surface area contributed by atoms with Crippen molar-refractivity contribution in [1.82, 2.24) is 10.2 Å². The van der Waals surface area contributed by atoms with Crippen LogP contribution < -0.4 is 5.32 Å².